The number of likely N-dealkylation sites (tertiary alicyclic amines) is 1. The van der Waals surface area contributed by atoms with Gasteiger partial charge in [0.05, 0.1) is 17.8 Å². The molecule has 0 saturated carbocycles. The molecule has 48 heavy (non-hydrogen) atoms. The number of rotatable bonds is 12. The lowest BCUT2D eigenvalue weighted by Crippen LogP contribution is -2.35. The third-order valence-electron chi connectivity index (χ3n) is 8.57. The fourth-order valence-corrected chi connectivity index (χ4v) is 6.59. The molecule has 0 spiro atoms. The number of ether oxygens (including phenoxy) is 1. The second-order valence-electron chi connectivity index (χ2n) is 12.2. The van der Waals surface area contributed by atoms with Crippen LogP contribution >= 0.6 is 11.3 Å². The smallest absolute Gasteiger partial charge is 0.321 e. The lowest BCUT2D eigenvalue weighted by atomic mass is 10.1. The number of benzene rings is 3. The molecular formula is C37H42N6O4S. The number of aliphatic hydroxyl groups is 1. The highest BCUT2D eigenvalue weighted by atomic mass is 32.1. The van der Waals surface area contributed by atoms with Crippen LogP contribution in [0.4, 0.5) is 15.6 Å². The van der Waals surface area contributed by atoms with Crippen LogP contribution in [-0.2, 0) is 6.54 Å². The van der Waals surface area contributed by atoms with Crippen LogP contribution < -0.4 is 20.7 Å². The van der Waals surface area contributed by atoms with Gasteiger partial charge in [0.25, 0.3) is 5.91 Å². The molecule has 6 rings (SSSR count). The van der Waals surface area contributed by atoms with Crippen molar-refractivity contribution < 1.29 is 19.4 Å². The molecule has 250 valence electrons. The Kier molecular flexibility index (Phi) is 10.7. The molecule has 1 fully saturated rings. The molecule has 5 aromatic rings. The summed E-state index contributed by atoms with van der Waals surface area (Å²) in [5.41, 5.74) is 5.41. The van der Waals surface area contributed by atoms with Crippen molar-refractivity contribution in [1.29, 1.82) is 0 Å². The van der Waals surface area contributed by atoms with E-state index < -0.39 is 0 Å². The number of hydrogen-bond acceptors (Lipinski definition) is 7. The summed E-state index contributed by atoms with van der Waals surface area (Å²) in [5, 5.41) is 20.7. The minimum atomic E-state index is -0.281. The van der Waals surface area contributed by atoms with Gasteiger partial charge < -0.3 is 25.0 Å². The second kappa shape index (κ2) is 15.5. The Balaban J connectivity index is 1.06. The van der Waals surface area contributed by atoms with Crippen LogP contribution in [0, 0.1) is 6.92 Å². The summed E-state index contributed by atoms with van der Waals surface area (Å²) in [7, 11) is 0. The van der Waals surface area contributed by atoms with Gasteiger partial charge in [0.15, 0.2) is 5.13 Å². The number of para-hydroxylation sites is 1. The van der Waals surface area contributed by atoms with Gasteiger partial charge in [-0.3, -0.25) is 15.0 Å². The van der Waals surface area contributed by atoms with Gasteiger partial charge >= 0.3 is 6.03 Å². The maximum Gasteiger partial charge on any atom is 0.321 e. The first-order valence-electron chi connectivity index (χ1n) is 16.6. The molecule has 1 aliphatic heterocycles. The Morgan fingerprint density at radius 1 is 1.02 bits per heavy atom. The number of piperidine rings is 1. The van der Waals surface area contributed by atoms with Crippen molar-refractivity contribution in [1.82, 2.24) is 19.8 Å². The van der Waals surface area contributed by atoms with E-state index >= 15 is 0 Å². The van der Waals surface area contributed by atoms with Crippen LogP contribution in [0.3, 0.4) is 0 Å². The Hall–Kier alpha value is -4.71. The number of fused-ring (bicyclic) bond motifs is 1. The Labute approximate surface area is 284 Å². The van der Waals surface area contributed by atoms with Crippen LogP contribution in [0.2, 0.25) is 0 Å². The zero-order valence-electron chi connectivity index (χ0n) is 27.4. The van der Waals surface area contributed by atoms with Crippen molar-refractivity contribution in [3.8, 4) is 16.5 Å². The number of amides is 3. The minimum absolute atomic E-state index is 0.191. The number of urea groups is 1. The maximum atomic E-state index is 13.2. The molecule has 1 aliphatic rings. The van der Waals surface area contributed by atoms with Crippen LogP contribution in [0.15, 0.2) is 79.1 Å². The van der Waals surface area contributed by atoms with Crippen LogP contribution in [0.25, 0.3) is 16.6 Å². The normalized spacial score (nSPS) is 13.8. The molecule has 0 bridgehead atoms. The summed E-state index contributed by atoms with van der Waals surface area (Å²) in [5.74, 6) is 0.430. The van der Waals surface area contributed by atoms with Gasteiger partial charge in [-0.25, -0.2) is 9.78 Å². The summed E-state index contributed by atoms with van der Waals surface area (Å²) in [4.78, 5) is 31.9. The predicted octanol–water partition coefficient (Wildman–Crippen LogP) is 7.71. The molecule has 0 radical (unpaired) electrons. The highest BCUT2D eigenvalue weighted by molar-refractivity contribution is 7.17. The number of anilines is 2. The average molecular weight is 667 g/mol. The summed E-state index contributed by atoms with van der Waals surface area (Å²) in [6.45, 7) is 7.28. The number of carbonyl (C=O) groups excluding carboxylic acids is 2. The standard InChI is InChI=1S/C37H42N6O4S/c1-3-4-7-18-38-36(46)41-37-39-22-34(48-37)47-33-15-12-28(21-25(33)2)40-35(45)26-10-13-29(14-11-26)43-24-27(31-8-5-6-9-32(31)43)23-42-19-16-30(44)17-20-42/h5-6,8-15,21-22,24,30,44H,3-4,7,16-20,23H2,1-2H3,(H,40,45)(H2,38,39,41,46). The molecule has 0 aliphatic carbocycles. The lowest BCUT2D eigenvalue weighted by molar-refractivity contribution is 0.0794. The van der Waals surface area contributed by atoms with Gasteiger partial charge in [0, 0.05) is 54.7 Å². The van der Waals surface area contributed by atoms with Crippen molar-refractivity contribution in [2.24, 2.45) is 0 Å². The second-order valence-corrected chi connectivity index (χ2v) is 13.2. The van der Waals surface area contributed by atoms with E-state index in [1.54, 1.807) is 12.3 Å². The van der Waals surface area contributed by atoms with E-state index in [1.807, 2.05) is 49.4 Å². The summed E-state index contributed by atoms with van der Waals surface area (Å²) >= 11 is 1.24. The highest BCUT2D eigenvalue weighted by Gasteiger charge is 2.19. The first-order chi connectivity index (χ1) is 23.4. The van der Waals surface area contributed by atoms with E-state index in [0.29, 0.717) is 33.7 Å². The van der Waals surface area contributed by atoms with E-state index in [4.69, 9.17) is 4.74 Å². The highest BCUT2D eigenvalue weighted by Crippen LogP contribution is 2.33. The maximum absolute atomic E-state index is 13.2. The third kappa shape index (κ3) is 8.22. The number of aromatic nitrogens is 2. The van der Waals surface area contributed by atoms with Crippen molar-refractivity contribution in [2.75, 3.05) is 30.3 Å². The number of thiazole rings is 1. The summed E-state index contributed by atoms with van der Waals surface area (Å²) in [6.07, 6.45) is 8.31. The van der Waals surface area contributed by atoms with Crippen molar-refractivity contribution in [2.45, 2.75) is 58.6 Å². The fourth-order valence-electron chi connectivity index (χ4n) is 5.92. The Bertz CT molecular complexity index is 1860. The molecular weight excluding hydrogens is 625 g/mol. The van der Waals surface area contributed by atoms with E-state index in [2.05, 4.69) is 61.7 Å². The SMILES string of the molecule is CCCCCNC(=O)Nc1ncc(Oc2ccc(NC(=O)c3ccc(-n4cc(CN5CCC(O)CC5)c5ccccc54)cc3)cc2C)s1. The number of unbranched alkanes of at least 4 members (excludes halogenated alkanes) is 2. The van der Waals surface area contributed by atoms with Gasteiger partial charge in [0.2, 0.25) is 5.06 Å². The van der Waals surface area contributed by atoms with Crippen LogP contribution in [0.1, 0.15) is 60.5 Å². The zero-order valence-corrected chi connectivity index (χ0v) is 28.2. The predicted molar refractivity (Wildman–Crippen MR) is 192 cm³/mol. The number of aryl methyl sites for hydroxylation is 1. The average Bonchev–Trinajstić information content (AvgIpc) is 3.69. The largest absolute Gasteiger partial charge is 0.445 e. The third-order valence-corrected chi connectivity index (χ3v) is 9.36. The van der Waals surface area contributed by atoms with Crippen molar-refractivity contribution in [3.05, 3.63) is 95.8 Å². The Morgan fingerprint density at radius 2 is 1.81 bits per heavy atom. The van der Waals surface area contributed by atoms with Gasteiger partial charge in [0.1, 0.15) is 5.75 Å². The molecule has 1 saturated heterocycles. The number of aliphatic hydroxyl groups excluding tert-OH is 1. The lowest BCUT2D eigenvalue weighted by Gasteiger charge is -2.29. The monoisotopic (exact) mass is 666 g/mol. The molecule has 10 nitrogen and oxygen atoms in total. The van der Waals surface area contributed by atoms with Gasteiger partial charge in [-0.2, -0.15) is 0 Å². The topological polar surface area (TPSA) is 121 Å². The molecule has 3 amide bonds. The number of carbonyl (C=O) groups is 2. The molecule has 4 N–H and O–H groups in total. The quantitative estimate of drug-likeness (QED) is 0.101. The van der Waals surface area contributed by atoms with Crippen LogP contribution in [0.5, 0.6) is 10.8 Å². The van der Waals surface area contributed by atoms with Crippen LogP contribution in [-0.4, -0.2) is 57.2 Å². The van der Waals surface area contributed by atoms with E-state index in [0.717, 1.165) is 68.5 Å². The molecule has 2 aromatic heterocycles. The van der Waals surface area contributed by atoms with Crippen molar-refractivity contribution in [3.63, 3.8) is 0 Å². The molecule has 0 atom stereocenters. The number of nitrogens with zero attached hydrogens (tertiary/aromatic N) is 3. The van der Waals surface area contributed by atoms with Crippen molar-refractivity contribution >= 4 is 45.0 Å². The zero-order chi connectivity index (χ0) is 33.5. The summed E-state index contributed by atoms with van der Waals surface area (Å²) < 4.78 is 8.20. The summed E-state index contributed by atoms with van der Waals surface area (Å²) in [6, 6.07) is 21.2. The molecule has 3 heterocycles. The minimum Gasteiger partial charge on any atom is -0.445 e. The Morgan fingerprint density at radius 3 is 2.58 bits per heavy atom. The van der Waals surface area contributed by atoms with E-state index in [1.165, 1.54) is 22.3 Å². The molecule has 11 heteroatoms. The van der Waals surface area contributed by atoms with Gasteiger partial charge in [-0.05, 0) is 85.8 Å². The van der Waals surface area contributed by atoms with Gasteiger partial charge in [-0.1, -0.05) is 49.3 Å². The van der Waals surface area contributed by atoms with E-state index in [9.17, 15) is 14.7 Å². The van der Waals surface area contributed by atoms with Gasteiger partial charge in [-0.15, -0.1) is 0 Å². The molecule has 0 unspecified atom stereocenters. The van der Waals surface area contributed by atoms with E-state index in [-0.39, 0.29) is 18.0 Å². The fraction of sp³-hybridized carbons (Fsp3) is 0.324. The molecule has 3 aromatic carbocycles. The first-order valence-corrected chi connectivity index (χ1v) is 17.4. The number of nitrogens with one attached hydrogen (secondary N) is 3. The first kappa shape index (κ1) is 33.2. The number of hydrogen-bond donors (Lipinski definition) is 4.